The van der Waals surface area contributed by atoms with Crippen molar-refractivity contribution in [1.29, 1.82) is 0 Å². The largest absolute Gasteiger partial charge is 0.410 e. The smallest absolute Gasteiger partial charge is 0.241 e. The van der Waals surface area contributed by atoms with Gasteiger partial charge in [-0.2, -0.15) is 0 Å². The minimum atomic E-state index is -0.903. The summed E-state index contributed by atoms with van der Waals surface area (Å²) >= 11 is 0. The van der Waals surface area contributed by atoms with Crippen LogP contribution in [0.2, 0.25) is 6.04 Å². The van der Waals surface area contributed by atoms with Gasteiger partial charge in [-0.15, -0.1) is 0 Å². The number of benzene rings is 1. The predicted molar refractivity (Wildman–Crippen MR) is 78.6 cm³/mol. The topological polar surface area (TPSA) is 18.5 Å². The Bertz CT molecular complexity index is 365. The Morgan fingerprint density at radius 1 is 1.39 bits per heavy atom. The maximum Gasteiger partial charge on any atom is 0.241 e. The molecular formula is C15H23O2Si. The molecule has 0 spiro atoms. The molecule has 0 heterocycles. The second kappa shape index (κ2) is 8.24. The standard InChI is InChI=1S/C15H23O2Si/c1-5-11-18(13(3)16-4)17-12-15-10-8-7-9-14(15)6-2/h6-10,13H,2,5,11-12H2,1,3-4H3. The van der Waals surface area contributed by atoms with Crippen LogP contribution in [0.1, 0.15) is 31.4 Å². The Kier molecular flexibility index (Phi) is 6.94. The van der Waals surface area contributed by atoms with Gasteiger partial charge in [0, 0.05) is 7.11 Å². The van der Waals surface area contributed by atoms with Gasteiger partial charge in [-0.25, -0.2) is 0 Å². The molecular weight excluding hydrogens is 240 g/mol. The van der Waals surface area contributed by atoms with E-state index in [-0.39, 0.29) is 5.73 Å². The fourth-order valence-corrected chi connectivity index (χ4v) is 3.69. The molecule has 99 valence electrons. The van der Waals surface area contributed by atoms with Crippen LogP contribution >= 0.6 is 0 Å². The Labute approximate surface area is 112 Å². The normalized spacial score (nSPS) is 12.7. The van der Waals surface area contributed by atoms with E-state index in [0.717, 1.165) is 18.0 Å². The Morgan fingerprint density at radius 2 is 2.11 bits per heavy atom. The van der Waals surface area contributed by atoms with E-state index in [4.69, 9.17) is 9.16 Å². The third-order valence-corrected chi connectivity index (χ3v) is 5.64. The van der Waals surface area contributed by atoms with Crippen molar-refractivity contribution in [1.82, 2.24) is 0 Å². The summed E-state index contributed by atoms with van der Waals surface area (Å²) in [7, 11) is 0.853. The highest BCUT2D eigenvalue weighted by Crippen LogP contribution is 2.14. The first-order valence-electron chi connectivity index (χ1n) is 6.44. The van der Waals surface area contributed by atoms with Crippen molar-refractivity contribution in [2.24, 2.45) is 0 Å². The molecule has 0 N–H and O–H groups in total. The Morgan fingerprint density at radius 3 is 2.72 bits per heavy atom. The minimum Gasteiger partial charge on any atom is -0.410 e. The summed E-state index contributed by atoms with van der Waals surface area (Å²) in [6.45, 7) is 8.78. The van der Waals surface area contributed by atoms with Crippen molar-refractivity contribution in [2.75, 3.05) is 7.11 Å². The number of hydrogen-bond donors (Lipinski definition) is 0. The van der Waals surface area contributed by atoms with Crippen molar-refractivity contribution in [2.45, 2.75) is 38.6 Å². The highest BCUT2D eigenvalue weighted by Gasteiger charge is 2.20. The van der Waals surface area contributed by atoms with Crippen molar-refractivity contribution in [3.63, 3.8) is 0 Å². The predicted octanol–water partition coefficient (Wildman–Crippen LogP) is 3.82. The molecule has 1 radical (unpaired) electrons. The molecule has 1 aromatic rings. The molecule has 1 rings (SSSR count). The third-order valence-electron chi connectivity index (χ3n) is 2.99. The summed E-state index contributed by atoms with van der Waals surface area (Å²) in [5, 5.41) is 0. The van der Waals surface area contributed by atoms with Crippen molar-refractivity contribution >= 4 is 15.1 Å². The fraction of sp³-hybridized carbons (Fsp3) is 0.467. The quantitative estimate of drug-likeness (QED) is 0.664. The van der Waals surface area contributed by atoms with Gasteiger partial charge in [0.1, 0.15) is 0 Å². The number of hydrogen-bond acceptors (Lipinski definition) is 2. The van der Waals surface area contributed by atoms with Gasteiger partial charge in [0.15, 0.2) is 0 Å². The van der Waals surface area contributed by atoms with Gasteiger partial charge < -0.3 is 9.16 Å². The van der Waals surface area contributed by atoms with Crippen LogP contribution in [-0.4, -0.2) is 21.9 Å². The second-order valence-electron chi connectivity index (χ2n) is 4.29. The van der Waals surface area contributed by atoms with Crippen LogP contribution < -0.4 is 0 Å². The van der Waals surface area contributed by atoms with Gasteiger partial charge >= 0.3 is 0 Å². The molecule has 18 heavy (non-hydrogen) atoms. The van der Waals surface area contributed by atoms with Crippen LogP contribution in [0.25, 0.3) is 6.08 Å². The molecule has 0 amide bonds. The summed E-state index contributed by atoms with van der Waals surface area (Å²) in [6, 6.07) is 9.35. The fourth-order valence-electron chi connectivity index (χ4n) is 1.81. The van der Waals surface area contributed by atoms with E-state index >= 15 is 0 Å². The van der Waals surface area contributed by atoms with E-state index in [2.05, 4.69) is 32.6 Å². The average molecular weight is 263 g/mol. The van der Waals surface area contributed by atoms with Crippen LogP contribution in [0.3, 0.4) is 0 Å². The van der Waals surface area contributed by atoms with Gasteiger partial charge in [0.25, 0.3) is 0 Å². The lowest BCUT2D eigenvalue weighted by atomic mass is 10.1. The lowest BCUT2D eigenvalue weighted by molar-refractivity contribution is 0.148. The molecule has 0 aromatic heterocycles. The molecule has 0 bridgehead atoms. The van der Waals surface area contributed by atoms with E-state index < -0.39 is 9.04 Å². The molecule has 0 fully saturated rings. The highest BCUT2D eigenvalue weighted by molar-refractivity contribution is 6.53. The zero-order valence-corrected chi connectivity index (χ0v) is 12.6. The number of ether oxygens (including phenoxy) is 1. The van der Waals surface area contributed by atoms with Gasteiger partial charge in [-0.05, 0) is 24.1 Å². The molecule has 0 aliphatic carbocycles. The van der Waals surface area contributed by atoms with Crippen LogP contribution in [0, 0.1) is 0 Å². The van der Waals surface area contributed by atoms with Gasteiger partial charge in [0.05, 0.1) is 12.3 Å². The van der Waals surface area contributed by atoms with Gasteiger partial charge in [0.2, 0.25) is 9.04 Å². The zero-order chi connectivity index (χ0) is 13.4. The van der Waals surface area contributed by atoms with E-state index in [1.165, 1.54) is 5.56 Å². The van der Waals surface area contributed by atoms with E-state index in [9.17, 15) is 0 Å². The first-order valence-corrected chi connectivity index (χ1v) is 8.13. The summed E-state index contributed by atoms with van der Waals surface area (Å²) < 4.78 is 11.5. The van der Waals surface area contributed by atoms with Crippen molar-refractivity contribution in [3.8, 4) is 0 Å². The summed E-state index contributed by atoms with van der Waals surface area (Å²) in [6.07, 6.45) is 3.02. The molecule has 1 atom stereocenters. The minimum absolute atomic E-state index is 0.228. The monoisotopic (exact) mass is 263 g/mol. The molecule has 0 aliphatic rings. The lowest BCUT2D eigenvalue weighted by Crippen LogP contribution is -2.33. The van der Waals surface area contributed by atoms with Gasteiger partial charge in [-0.1, -0.05) is 50.3 Å². The van der Waals surface area contributed by atoms with E-state index in [1.807, 2.05) is 18.2 Å². The lowest BCUT2D eigenvalue weighted by Gasteiger charge is -2.20. The first kappa shape index (κ1) is 15.2. The summed E-state index contributed by atoms with van der Waals surface area (Å²) in [5.41, 5.74) is 2.58. The second-order valence-corrected chi connectivity index (χ2v) is 6.82. The molecule has 0 saturated carbocycles. The maximum atomic E-state index is 6.09. The molecule has 2 nitrogen and oxygen atoms in total. The SMILES string of the molecule is C=Cc1ccccc1CO[Si](CCC)C(C)OC. The van der Waals surface area contributed by atoms with Crippen molar-refractivity contribution in [3.05, 3.63) is 42.0 Å². The highest BCUT2D eigenvalue weighted by atomic mass is 28.3. The number of methoxy groups -OCH3 is 1. The number of rotatable bonds is 8. The summed E-state index contributed by atoms with van der Waals surface area (Å²) in [5.74, 6) is 0. The maximum absolute atomic E-state index is 6.09. The Hall–Kier alpha value is -0.903. The first-order chi connectivity index (χ1) is 8.72. The zero-order valence-electron chi connectivity index (χ0n) is 11.6. The molecule has 3 heteroatoms. The summed E-state index contributed by atoms with van der Waals surface area (Å²) in [4.78, 5) is 0. The van der Waals surface area contributed by atoms with Crippen LogP contribution in [0.4, 0.5) is 0 Å². The van der Waals surface area contributed by atoms with Crippen molar-refractivity contribution < 1.29 is 9.16 Å². The molecule has 1 aromatic carbocycles. The third kappa shape index (κ3) is 4.41. The van der Waals surface area contributed by atoms with Crippen LogP contribution in [-0.2, 0) is 15.8 Å². The van der Waals surface area contributed by atoms with E-state index in [1.54, 1.807) is 7.11 Å². The Balaban J connectivity index is 2.63. The molecule has 1 unspecified atom stereocenters. The molecule has 0 saturated heterocycles. The van der Waals surface area contributed by atoms with E-state index in [0.29, 0.717) is 6.61 Å². The van der Waals surface area contributed by atoms with Crippen LogP contribution in [0.5, 0.6) is 0 Å². The van der Waals surface area contributed by atoms with Gasteiger partial charge in [-0.3, -0.25) is 0 Å². The average Bonchev–Trinajstić information content (AvgIpc) is 2.42. The van der Waals surface area contributed by atoms with Crippen LogP contribution in [0.15, 0.2) is 30.8 Å². The molecule has 0 aliphatic heterocycles.